The smallest absolute Gasteiger partial charge is 0.259 e. The van der Waals surface area contributed by atoms with Gasteiger partial charge in [0.05, 0.1) is 30.2 Å². The molecule has 0 bridgehead atoms. The number of sulfonamides is 1. The van der Waals surface area contributed by atoms with Gasteiger partial charge in [-0.3, -0.25) is 4.79 Å². The molecular weight excluding hydrogens is 394 g/mol. The number of nitrogens with one attached hydrogen (secondary N) is 2. The Labute approximate surface area is 170 Å². The third-order valence-corrected chi connectivity index (χ3v) is 5.89. The monoisotopic (exact) mass is 419 g/mol. The van der Waals surface area contributed by atoms with Crippen LogP contribution < -0.4 is 14.9 Å². The summed E-state index contributed by atoms with van der Waals surface area (Å²) in [6.45, 7) is 4.23. The van der Waals surface area contributed by atoms with E-state index in [4.69, 9.17) is 4.74 Å². The van der Waals surface area contributed by atoms with Crippen molar-refractivity contribution in [1.82, 2.24) is 14.7 Å². The van der Waals surface area contributed by atoms with Crippen molar-refractivity contribution in [3.63, 3.8) is 0 Å². The Morgan fingerprint density at radius 1 is 1.21 bits per heavy atom. The van der Waals surface area contributed by atoms with Crippen LogP contribution in [0.4, 0.5) is 11.6 Å². The fraction of sp³-hybridized carbons (Fsp3) is 0.421. The fourth-order valence-corrected chi connectivity index (χ4v) is 3.47. The van der Waals surface area contributed by atoms with Crippen molar-refractivity contribution in [2.45, 2.75) is 13.3 Å². The molecule has 0 radical (unpaired) electrons. The predicted octanol–water partition coefficient (Wildman–Crippen LogP) is 1.05. The van der Waals surface area contributed by atoms with E-state index < -0.39 is 10.0 Å². The number of benzene rings is 1. The lowest BCUT2D eigenvalue weighted by Gasteiger charge is -2.27. The van der Waals surface area contributed by atoms with Crippen molar-refractivity contribution in [2.75, 3.05) is 48.8 Å². The molecule has 0 unspecified atom stereocenters. The van der Waals surface area contributed by atoms with E-state index in [1.807, 2.05) is 23.1 Å². The highest BCUT2D eigenvalue weighted by Crippen LogP contribution is 2.16. The predicted molar refractivity (Wildman–Crippen MR) is 111 cm³/mol. The van der Waals surface area contributed by atoms with Gasteiger partial charge in [-0.15, -0.1) is 0 Å². The van der Waals surface area contributed by atoms with E-state index in [2.05, 4.69) is 20.0 Å². The minimum absolute atomic E-state index is 0.00283. The van der Waals surface area contributed by atoms with Crippen molar-refractivity contribution in [1.29, 1.82) is 0 Å². The number of rotatable bonds is 8. The molecule has 0 atom stereocenters. The molecule has 3 rings (SSSR count). The molecule has 10 heteroatoms. The lowest BCUT2D eigenvalue weighted by molar-refractivity contribution is 0.102. The third-order valence-electron chi connectivity index (χ3n) is 4.49. The number of anilines is 2. The second-order valence-electron chi connectivity index (χ2n) is 6.50. The molecule has 1 aromatic carbocycles. The van der Waals surface area contributed by atoms with Crippen LogP contribution in [-0.4, -0.2) is 62.9 Å². The van der Waals surface area contributed by atoms with Crippen molar-refractivity contribution in [3.05, 3.63) is 47.8 Å². The first-order valence-electron chi connectivity index (χ1n) is 9.51. The van der Waals surface area contributed by atoms with Crippen LogP contribution in [0.25, 0.3) is 0 Å². The van der Waals surface area contributed by atoms with E-state index >= 15 is 0 Å². The lowest BCUT2D eigenvalue weighted by atomic mass is 10.1. The van der Waals surface area contributed by atoms with E-state index in [0.29, 0.717) is 49.2 Å². The highest BCUT2D eigenvalue weighted by atomic mass is 32.2. The summed E-state index contributed by atoms with van der Waals surface area (Å²) in [7, 11) is -3.32. The maximum atomic E-state index is 12.8. The average molecular weight is 420 g/mol. The van der Waals surface area contributed by atoms with Gasteiger partial charge in [-0.05, 0) is 19.1 Å². The number of carbonyl (C=O) groups excluding carboxylic acids is 1. The Bertz CT molecular complexity index is 931. The minimum Gasteiger partial charge on any atom is -0.378 e. The van der Waals surface area contributed by atoms with Gasteiger partial charge in [0, 0.05) is 37.9 Å². The van der Waals surface area contributed by atoms with Crippen LogP contribution in [0.5, 0.6) is 0 Å². The molecule has 9 nitrogen and oxygen atoms in total. The number of aromatic nitrogens is 2. The zero-order valence-electron chi connectivity index (χ0n) is 16.3. The van der Waals surface area contributed by atoms with E-state index in [1.165, 1.54) is 6.20 Å². The SMILES string of the molecule is CCS(=O)(=O)NCCc1nc(N2CCOCC2)ncc1C(=O)Nc1ccccc1. The number of ether oxygens (including phenoxy) is 1. The maximum Gasteiger partial charge on any atom is 0.259 e. The summed E-state index contributed by atoms with van der Waals surface area (Å²) in [5.41, 5.74) is 1.47. The molecule has 1 amide bonds. The van der Waals surface area contributed by atoms with Crippen LogP contribution in [0.1, 0.15) is 23.0 Å². The summed E-state index contributed by atoms with van der Waals surface area (Å²) in [6, 6.07) is 9.09. The summed E-state index contributed by atoms with van der Waals surface area (Å²) >= 11 is 0. The molecule has 0 spiro atoms. The molecule has 1 aliphatic heterocycles. The molecule has 0 aliphatic carbocycles. The van der Waals surface area contributed by atoms with Gasteiger partial charge in [-0.1, -0.05) is 18.2 Å². The van der Waals surface area contributed by atoms with Gasteiger partial charge in [0.25, 0.3) is 5.91 Å². The molecule has 1 fully saturated rings. The molecule has 29 heavy (non-hydrogen) atoms. The highest BCUT2D eigenvalue weighted by Gasteiger charge is 2.19. The number of nitrogens with zero attached hydrogens (tertiary/aromatic N) is 3. The molecule has 156 valence electrons. The fourth-order valence-electron chi connectivity index (χ4n) is 2.85. The largest absolute Gasteiger partial charge is 0.378 e. The van der Waals surface area contributed by atoms with Gasteiger partial charge >= 0.3 is 0 Å². The first kappa shape index (κ1) is 21.2. The van der Waals surface area contributed by atoms with Crippen LogP contribution >= 0.6 is 0 Å². The van der Waals surface area contributed by atoms with E-state index in [-0.39, 0.29) is 24.6 Å². The summed E-state index contributed by atoms with van der Waals surface area (Å²) in [5, 5.41) is 2.82. The normalized spacial score (nSPS) is 14.6. The average Bonchev–Trinajstić information content (AvgIpc) is 2.75. The molecule has 2 N–H and O–H groups in total. The van der Waals surface area contributed by atoms with Crippen molar-refractivity contribution >= 4 is 27.6 Å². The van der Waals surface area contributed by atoms with E-state index in [0.717, 1.165) is 0 Å². The number of carbonyl (C=O) groups is 1. The van der Waals surface area contributed by atoms with Gasteiger partial charge in [0.1, 0.15) is 0 Å². The van der Waals surface area contributed by atoms with E-state index in [9.17, 15) is 13.2 Å². The Balaban J connectivity index is 1.81. The number of morpholine rings is 1. The second kappa shape index (κ2) is 9.77. The molecule has 0 saturated carbocycles. The maximum absolute atomic E-state index is 12.8. The van der Waals surface area contributed by atoms with Crippen molar-refractivity contribution < 1.29 is 17.9 Å². The standard InChI is InChI=1S/C19H25N5O4S/c1-2-29(26,27)21-9-8-17-16(18(25)22-15-6-4-3-5-7-15)14-20-19(23-17)24-10-12-28-13-11-24/h3-7,14,21H,2,8-13H2,1H3,(H,22,25). The summed E-state index contributed by atoms with van der Waals surface area (Å²) in [4.78, 5) is 23.7. The summed E-state index contributed by atoms with van der Waals surface area (Å²) in [6.07, 6.45) is 1.77. The van der Waals surface area contributed by atoms with Gasteiger partial charge in [-0.25, -0.2) is 23.1 Å². The Morgan fingerprint density at radius 2 is 1.93 bits per heavy atom. The molecule has 1 aliphatic rings. The van der Waals surface area contributed by atoms with E-state index in [1.54, 1.807) is 19.1 Å². The number of para-hydroxylation sites is 1. The lowest BCUT2D eigenvalue weighted by Crippen LogP contribution is -2.37. The van der Waals surface area contributed by atoms with Gasteiger partial charge < -0.3 is 15.0 Å². The topological polar surface area (TPSA) is 114 Å². The zero-order valence-corrected chi connectivity index (χ0v) is 17.1. The third kappa shape index (κ3) is 5.96. The molecule has 1 saturated heterocycles. The van der Waals surface area contributed by atoms with Crippen LogP contribution in [-0.2, 0) is 21.2 Å². The minimum atomic E-state index is -3.32. The van der Waals surface area contributed by atoms with Crippen LogP contribution in [0.3, 0.4) is 0 Å². The number of hydrogen-bond donors (Lipinski definition) is 2. The Hall–Kier alpha value is -2.56. The van der Waals surface area contributed by atoms with Crippen molar-refractivity contribution in [3.8, 4) is 0 Å². The van der Waals surface area contributed by atoms with Gasteiger partial charge in [0.2, 0.25) is 16.0 Å². The Kier molecular flexibility index (Phi) is 7.13. The second-order valence-corrected chi connectivity index (χ2v) is 8.59. The van der Waals surface area contributed by atoms with Crippen LogP contribution in [0.2, 0.25) is 0 Å². The molecule has 2 heterocycles. The first-order chi connectivity index (χ1) is 14.0. The van der Waals surface area contributed by atoms with Crippen molar-refractivity contribution in [2.24, 2.45) is 0 Å². The quantitative estimate of drug-likeness (QED) is 0.657. The number of amides is 1. The number of hydrogen-bond acceptors (Lipinski definition) is 7. The highest BCUT2D eigenvalue weighted by molar-refractivity contribution is 7.89. The van der Waals surface area contributed by atoms with Crippen LogP contribution in [0, 0.1) is 0 Å². The van der Waals surface area contributed by atoms with Crippen LogP contribution in [0.15, 0.2) is 36.5 Å². The first-order valence-corrected chi connectivity index (χ1v) is 11.2. The summed E-state index contributed by atoms with van der Waals surface area (Å²) in [5.74, 6) is 0.174. The Morgan fingerprint density at radius 3 is 2.62 bits per heavy atom. The molecule has 2 aromatic rings. The summed E-state index contributed by atoms with van der Waals surface area (Å²) < 4.78 is 31.3. The van der Waals surface area contributed by atoms with Gasteiger partial charge in [-0.2, -0.15) is 0 Å². The molecule has 1 aromatic heterocycles. The van der Waals surface area contributed by atoms with Gasteiger partial charge in [0.15, 0.2) is 0 Å². The molecular formula is C19H25N5O4S. The zero-order chi connectivity index (χ0) is 20.7.